The molecule has 1 N–H and O–H groups in total. The Morgan fingerprint density at radius 3 is 3.12 bits per heavy atom. The standard InChI is InChI=1S/C12H17N3O/c1-2-16-12-8-11(13-9-14-12)15-10-6-4-3-5-7-10/h3-4,8-10H,2,5-7H2,1H3,(H,13,14,15). The minimum absolute atomic E-state index is 0.481. The molecule has 16 heavy (non-hydrogen) atoms. The van der Waals surface area contributed by atoms with E-state index in [1.54, 1.807) is 0 Å². The maximum Gasteiger partial charge on any atom is 0.218 e. The molecule has 0 aromatic carbocycles. The summed E-state index contributed by atoms with van der Waals surface area (Å²) in [5.74, 6) is 1.48. The van der Waals surface area contributed by atoms with Gasteiger partial charge < -0.3 is 10.1 Å². The molecule has 0 radical (unpaired) electrons. The van der Waals surface area contributed by atoms with Crippen molar-refractivity contribution in [3.63, 3.8) is 0 Å². The number of allylic oxidation sites excluding steroid dienone is 1. The molecule has 1 aromatic heterocycles. The maximum absolute atomic E-state index is 5.33. The van der Waals surface area contributed by atoms with Gasteiger partial charge in [0.2, 0.25) is 5.88 Å². The van der Waals surface area contributed by atoms with E-state index in [-0.39, 0.29) is 0 Å². The van der Waals surface area contributed by atoms with Crippen molar-refractivity contribution >= 4 is 5.82 Å². The highest BCUT2D eigenvalue weighted by Gasteiger charge is 2.10. The Kier molecular flexibility index (Phi) is 3.75. The summed E-state index contributed by atoms with van der Waals surface area (Å²) >= 11 is 0. The van der Waals surface area contributed by atoms with Gasteiger partial charge in [0.1, 0.15) is 12.1 Å². The van der Waals surface area contributed by atoms with E-state index >= 15 is 0 Å². The van der Waals surface area contributed by atoms with Crippen LogP contribution in [0.2, 0.25) is 0 Å². The second kappa shape index (κ2) is 5.49. The molecule has 1 heterocycles. The summed E-state index contributed by atoms with van der Waals surface area (Å²) < 4.78 is 5.33. The largest absolute Gasteiger partial charge is 0.478 e. The van der Waals surface area contributed by atoms with Crippen molar-refractivity contribution in [3.05, 3.63) is 24.5 Å². The summed E-state index contributed by atoms with van der Waals surface area (Å²) in [6.45, 7) is 2.57. The molecule has 4 heteroatoms. The SMILES string of the molecule is CCOc1cc(NC2CC=CCC2)ncn1. The zero-order valence-electron chi connectivity index (χ0n) is 9.52. The smallest absolute Gasteiger partial charge is 0.218 e. The van der Waals surface area contributed by atoms with Gasteiger partial charge in [-0.05, 0) is 26.2 Å². The third kappa shape index (κ3) is 2.95. The van der Waals surface area contributed by atoms with Gasteiger partial charge in [-0.25, -0.2) is 9.97 Å². The number of hydrogen-bond acceptors (Lipinski definition) is 4. The average Bonchev–Trinajstić information content (AvgIpc) is 2.31. The Hall–Kier alpha value is -1.58. The van der Waals surface area contributed by atoms with E-state index in [0.29, 0.717) is 18.5 Å². The zero-order chi connectivity index (χ0) is 11.2. The van der Waals surface area contributed by atoms with E-state index < -0.39 is 0 Å². The monoisotopic (exact) mass is 219 g/mol. The summed E-state index contributed by atoms with van der Waals surface area (Å²) in [5, 5.41) is 3.40. The molecule has 86 valence electrons. The van der Waals surface area contributed by atoms with Gasteiger partial charge in [0.15, 0.2) is 0 Å². The molecule has 1 aliphatic rings. The molecule has 1 aromatic rings. The predicted octanol–water partition coefficient (Wildman–Crippen LogP) is 2.40. The van der Waals surface area contributed by atoms with Gasteiger partial charge in [0.25, 0.3) is 0 Å². The predicted molar refractivity (Wildman–Crippen MR) is 63.6 cm³/mol. The lowest BCUT2D eigenvalue weighted by Crippen LogP contribution is -2.20. The van der Waals surface area contributed by atoms with Crippen molar-refractivity contribution in [1.82, 2.24) is 9.97 Å². The minimum Gasteiger partial charge on any atom is -0.478 e. The number of nitrogens with one attached hydrogen (secondary N) is 1. The third-order valence-corrected chi connectivity index (χ3v) is 2.56. The molecule has 1 atom stereocenters. The Morgan fingerprint density at radius 2 is 2.38 bits per heavy atom. The number of rotatable bonds is 4. The van der Waals surface area contributed by atoms with Gasteiger partial charge in [0.05, 0.1) is 6.61 Å². The topological polar surface area (TPSA) is 47.0 Å². The molecule has 0 amide bonds. The first-order chi connectivity index (χ1) is 7.88. The van der Waals surface area contributed by atoms with Crippen LogP contribution in [0.15, 0.2) is 24.5 Å². The van der Waals surface area contributed by atoms with Crippen molar-refractivity contribution in [3.8, 4) is 5.88 Å². The van der Waals surface area contributed by atoms with E-state index in [4.69, 9.17) is 4.74 Å². The second-order valence-corrected chi connectivity index (χ2v) is 3.80. The van der Waals surface area contributed by atoms with Crippen LogP contribution >= 0.6 is 0 Å². The lowest BCUT2D eigenvalue weighted by Gasteiger charge is -2.19. The van der Waals surface area contributed by atoms with E-state index in [1.807, 2.05) is 13.0 Å². The molecule has 1 unspecified atom stereocenters. The van der Waals surface area contributed by atoms with Crippen molar-refractivity contribution in [1.29, 1.82) is 0 Å². The minimum atomic E-state index is 0.481. The molecule has 0 spiro atoms. The fraction of sp³-hybridized carbons (Fsp3) is 0.500. The normalized spacial score (nSPS) is 19.4. The fourth-order valence-corrected chi connectivity index (χ4v) is 1.78. The highest BCUT2D eigenvalue weighted by atomic mass is 16.5. The van der Waals surface area contributed by atoms with Crippen LogP contribution in [0, 0.1) is 0 Å². The van der Waals surface area contributed by atoms with E-state index in [2.05, 4.69) is 27.4 Å². The van der Waals surface area contributed by atoms with Crippen LogP contribution < -0.4 is 10.1 Å². The van der Waals surface area contributed by atoms with Crippen molar-refractivity contribution in [2.45, 2.75) is 32.2 Å². The Labute approximate surface area is 95.8 Å². The quantitative estimate of drug-likeness (QED) is 0.790. The van der Waals surface area contributed by atoms with E-state index in [9.17, 15) is 0 Å². The molecule has 0 saturated heterocycles. The van der Waals surface area contributed by atoms with Crippen LogP contribution in [0.1, 0.15) is 26.2 Å². The van der Waals surface area contributed by atoms with Crippen molar-refractivity contribution < 1.29 is 4.74 Å². The first kappa shape index (κ1) is 10.9. The fourth-order valence-electron chi connectivity index (χ4n) is 1.78. The third-order valence-electron chi connectivity index (χ3n) is 2.56. The summed E-state index contributed by atoms with van der Waals surface area (Å²) in [5.41, 5.74) is 0. The van der Waals surface area contributed by atoms with Crippen molar-refractivity contribution in [2.24, 2.45) is 0 Å². The second-order valence-electron chi connectivity index (χ2n) is 3.80. The van der Waals surface area contributed by atoms with E-state index in [0.717, 1.165) is 25.1 Å². The van der Waals surface area contributed by atoms with Crippen LogP contribution in [-0.4, -0.2) is 22.6 Å². The number of ether oxygens (including phenoxy) is 1. The van der Waals surface area contributed by atoms with E-state index in [1.165, 1.54) is 6.33 Å². The number of nitrogens with zero attached hydrogens (tertiary/aromatic N) is 2. The molecular weight excluding hydrogens is 202 g/mol. The van der Waals surface area contributed by atoms with Crippen molar-refractivity contribution in [2.75, 3.05) is 11.9 Å². The maximum atomic E-state index is 5.33. The molecule has 4 nitrogen and oxygen atoms in total. The molecule has 0 fully saturated rings. The van der Waals surface area contributed by atoms with Gasteiger partial charge in [0, 0.05) is 12.1 Å². The molecular formula is C12H17N3O. The lowest BCUT2D eigenvalue weighted by molar-refractivity contribution is 0.326. The van der Waals surface area contributed by atoms with Crippen LogP contribution in [0.25, 0.3) is 0 Å². The molecule has 0 bridgehead atoms. The summed E-state index contributed by atoms with van der Waals surface area (Å²) in [6, 6.07) is 2.33. The van der Waals surface area contributed by atoms with Crippen LogP contribution in [0.4, 0.5) is 5.82 Å². The summed E-state index contributed by atoms with van der Waals surface area (Å²) in [4.78, 5) is 8.22. The Bertz CT molecular complexity index is 365. The number of anilines is 1. The summed E-state index contributed by atoms with van der Waals surface area (Å²) in [7, 11) is 0. The van der Waals surface area contributed by atoms with Crippen LogP contribution in [0.5, 0.6) is 5.88 Å². The molecule has 2 rings (SSSR count). The molecule has 0 aliphatic heterocycles. The van der Waals surface area contributed by atoms with Gasteiger partial charge in [-0.15, -0.1) is 0 Å². The highest BCUT2D eigenvalue weighted by Crippen LogP contribution is 2.17. The summed E-state index contributed by atoms with van der Waals surface area (Å²) in [6.07, 6.45) is 9.33. The Morgan fingerprint density at radius 1 is 1.44 bits per heavy atom. The zero-order valence-corrected chi connectivity index (χ0v) is 9.52. The van der Waals surface area contributed by atoms with Crippen LogP contribution in [0.3, 0.4) is 0 Å². The average molecular weight is 219 g/mol. The van der Waals surface area contributed by atoms with Crippen LogP contribution in [-0.2, 0) is 0 Å². The lowest BCUT2D eigenvalue weighted by atomic mass is 10.0. The van der Waals surface area contributed by atoms with Gasteiger partial charge in [-0.2, -0.15) is 0 Å². The van der Waals surface area contributed by atoms with Gasteiger partial charge >= 0.3 is 0 Å². The molecule has 1 aliphatic carbocycles. The number of aromatic nitrogens is 2. The molecule has 0 saturated carbocycles. The first-order valence-corrected chi connectivity index (χ1v) is 5.75. The number of hydrogen-bond donors (Lipinski definition) is 1. The van der Waals surface area contributed by atoms with Gasteiger partial charge in [-0.1, -0.05) is 12.2 Å². The Balaban J connectivity index is 1.97. The highest BCUT2D eigenvalue weighted by molar-refractivity contribution is 5.38. The van der Waals surface area contributed by atoms with Gasteiger partial charge in [-0.3, -0.25) is 0 Å². The first-order valence-electron chi connectivity index (χ1n) is 5.75.